The molecule has 2 amide bonds. The van der Waals surface area contributed by atoms with E-state index in [0.29, 0.717) is 33.9 Å². The van der Waals surface area contributed by atoms with Crippen molar-refractivity contribution in [3.63, 3.8) is 0 Å². The van der Waals surface area contributed by atoms with E-state index in [1.807, 2.05) is 14.0 Å². The number of amides is 2. The third-order valence-corrected chi connectivity index (χ3v) is 5.04. The molecule has 1 atom stereocenters. The maximum Gasteiger partial charge on any atom is 0.410 e. The van der Waals surface area contributed by atoms with Gasteiger partial charge in [-0.1, -0.05) is 6.92 Å². The molecule has 4 rings (SSSR count). The summed E-state index contributed by atoms with van der Waals surface area (Å²) >= 11 is 0. The monoisotopic (exact) mass is 423 g/mol. The molecule has 1 fully saturated rings. The van der Waals surface area contributed by atoms with Crippen molar-refractivity contribution in [3.8, 4) is 11.3 Å². The van der Waals surface area contributed by atoms with E-state index in [9.17, 15) is 9.59 Å². The number of nitrogens with zero attached hydrogens (tertiary/aromatic N) is 4. The molecule has 4 heterocycles. The SMILES string of the molecule is CC1CC(=O)N(C)C1.Cc1c(N)cncc1-c1cc2cc(NC(=O)O)ncc2c(N)n1. The second-order valence-corrected chi connectivity index (χ2v) is 7.60. The number of hydrogen-bond donors (Lipinski definition) is 4. The van der Waals surface area contributed by atoms with Gasteiger partial charge in [0.05, 0.1) is 17.6 Å². The average molecular weight is 423 g/mol. The highest BCUT2D eigenvalue weighted by Gasteiger charge is 2.22. The molecule has 31 heavy (non-hydrogen) atoms. The number of nitrogen functional groups attached to an aromatic ring is 2. The van der Waals surface area contributed by atoms with Gasteiger partial charge in [0.2, 0.25) is 5.91 Å². The second kappa shape index (κ2) is 8.82. The van der Waals surface area contributed by atoms with Gasteiger partial charge in [-0.2, -0.15) is 0 Å². The van der Waals surface area contributed by atoms with E-state index in [1.165, 1.54) is 6.20 Å². The van der Waals surface area contributed by atoms with E-state index < -0.39 is 6.09 Å². The molecule has 1 aliphatic rings. The molecule has 1 saturated heterocycles. The molecule has 0 saturated carbocycles. The number of hydrogen-bond acceptors (Lipinski definition) is 7. The fourth-order valence-electron chi connectivity index (χ4n) is 3.38. The van der Waals surface area contributed by atoms with Crippen LogP contribution in [0.1, 0.15) is 18.9 Å². The zero-order valence-electron chi connectivity index (χ0n) is 17.6. The normalized spacial score (nSPS) is 15.5. The van der Waals surface area contributed by atoms with Crippen LogP contribution in [-0.2, 0) is 4.79 Å². The minimum absolute atomic E-state index is 0.212. The third kappa shape index (κ3) is 4.97. The number of rotatable bonds is 2. The van der Waals surface area contributed by atoms with Crippen LogP contribution in [0.25, 0.3) is 22.0 Å². The topological polar surface area (TPSA) is 160 Å². The molecule has 0 aromatic carbocycles. The van der Waals surface area contributed by atoms with Gasteiger partial charge in [0.1, 0.15) is 11.6 Å². The molecule has 0 radical (unpaired) electrons. The van der Waals surface area contributed by atoms with Crippen molar-refractivity contribution >= 4 is 40.1 Å². The fraction of sp³-hybridized carbons (Fsp3) is 0.286. The molecule has 3 aromatic heterocycles. The Kier molecular flexibility index (Phi) is 6.19. The summed E-state index contributed by atoms with van der Waals surface area (Å²) in [6.07, 6.45) is 4.28. The van der Waals surface area contributed by atoms with Crippen molar-refractivity contribution in [1.29, 1.82) is 0 Å². The molecule has 0 spiro atoms. The Balaban J connectivity index is 0.000000287. The van der Waals surface area contributed by atoms with Crippen molar-refractivity contribution in [1.82, 2.24) is 19.9 Å². The van der Waals surface area contributed by atoms with Crippen LogP contribution in [0.4, 0.5) is 22.1 Å². The Morgan fingerprint density at radius 1 is 1.26 bits per heavy atom. The molecule has 3 aromatic rings. The van der Waals surface area contributed by atoms with Crippen LogP contribution in [0.3, 0.4) is 0 Å². The molecule has 10 heteroatoms. The zero-order chi connectivity index (χ0) is 22.7. The molecule has 10 nitrogen and oxygen atoms in total. The van der Waals surface area contributed by atoms with Crippen LogP contribution in [0.2, 0.25) is 0 Å². The molecular formula is C21H25N7O3. The lowest BCUT2D eigenvalue weighted by Crippen LogP contribution is -2.18. The number of anilines is 3. The fourth-order valence-corrected chi connectivity index (χ4v) is 3.38. The minimum Gasteiger partial charge on any atom is -0.465 e. The predicted molar refractivity (Wildman–Crippen MR) is 119 cm³/mol. The van der Waals surface area contributed by atoms with E-state index in [-0.39, 0.29) is 11.7 Å². The van der Waals surface area contributed by atoms with Gasteiger partial charge in [0, 0.05) is 43.4 Å². The Hall–Kier alpha value is -3.95. The van der Waals surface area contributed by atoms with Gasteiger partial charge in [-0.15, -0.1) is 0 Å². The summed E-state index contributed by atoms with van der Waals surface area (Å²) in [4.78, 5) is 35.7. The number of carbonyl (C=O) groups excluding carboxylic acids is 1. The van der Waals surface area contributed by atoms with Crippen molar-refractivity contribution in [3.05, 3.63) is 36.3 Å². The first-order chi connectivity index (χ1) is 14.7. The van der Waals surface area contributed by atoms with Gasteiger partial charge in [0.25, 0.3) is 0 Å². The summed E-state index contributed by atoms with van der Waals surface area (Å²) in [6.45, 7) is 4.92. The summed E-state index contributed by atoms with van der Waals surface area (Å²) in [6, 6.07) is 3.39. The Morgan fingerprint density at radius 2 is 2.00 bits per heavy atom. The van der Waals surface area contributed by atoms with Gasteiger partial charge in [-0.3, -0.25) is 15.1 Å². The van der Waals surface area contributed by atoms with E-state index >= 15 is 0 Å². The maximum absolute atomic E-state index is 10.7. The zero-order valence-corrected chi connectivity index (χ0v) is 17.6. The second-order valence-electron chi connectivity index (χ2n) is 7.60. The minimum atomic E-state index is -1.19. The van der Waals surface area contributed by atoms with Crippen molar-refractivity contribution < 1.29 is 14.7 Å². The van der Waals surface area contributed by atoms with E-state index in [1.54, 1.807) is 29.4 Å². The number of carbonyl (C=O) groups is 2. The molecule has 1 aliphatic heterocycles. The summed E-state index contributed by atoms with van der Waals surface area (Å²) in [5.74, 6) is 1.38. The quantitative estimate of drug-likeness (QED) is 0.489. The Labute approximate surface area is 179 Å². The maximum atomic E-state index is 10.7. The number of aromatic nitrogens is 3. The lowest BCUT2D eigenvalue weighted by Gasteiger charge is -2.10. The number of fused-ring (bicyclic) bond motifs is 1. The molecular weight excluding hydrogens is 398 g/mol. The largest absolute Gasteiger partial charge is 0.465 e. The van der Waals surface area contributed by atoms with Gasteiger partial charge >= 0.3 is 6.09 Å². The smallest absolute Gasteiger partial charge is 0.410 e. The average Bonchev–Trinajstić information content (AvgIpc) is 2.98. The number of nitrogens with one attached hydrogen (secondary N) is 1. The number of likely N-dealkylation sites (tertiary alicyclic amines) is 1. The summed E-state index contributed by atoms with van der Waals surface area (Å²) < 4.78 is 0. The number of pyridine rings is 3. The summed E-state index contributed by atoms with van der Waals surface area (Å²) in [5.41, 5.74) is 14.7. The first kappa shape index (κ1) is 21.8. The van der Waals surface area contributed by atoms with Crippen LogP contribution in [-0.4, -0.2) is 50.6 Å². The molecule has 0 bridgehead atoms. The Bertz CT molecular complexity index is 1150. The van der Waals surface area contributed by atoms with Crippen molar-refractivity contribution in [2.75, 3.05) is 30.4 Å². The van der Waals surface area contributed by atoms with Crippen LogP contribution in [0, 0.1) is 12.8 Å². The van der Waals surface area contributed by atoms with E-state index in [4.69, 9.17) is 16.6 Å². The van der Waals surface area contributed by atoms with Gasteiger partial charge in [-0.05, 0) is 35.9 Å². The highest BCUT2D eigenvalue weighted by molar-refractivity contribution is 5.96. The number of carboxylic acid groups (broad SMARTS) is 1. The third-order valence-electron chi connectivity index (χ3n) is 5.04. The lowest BCUT2D eigenvalue weighted by molar-refractivity contribution is -0.126. The highest BCUT2D eigenvalue weighted by Crippen LogP contribution is 2.30. The summed E-state index contributed by atoms with van der Waals surface area (Å²) in [7, 11) is 1.85. The first-order valence-electron chi connectivity index (χ1n) is 9.66. The van der Waals surface area contributed by atoms with Crippen LogP contribution in [0.15, 0.2) is 30.7 Å². The van der Waals surface area contributed by atoms with Gasteiger partial charge < -0.3 is 21.5 Å². The van der Waals surface area contributed by atoms with Crippen LogP contribution < -0.4 is 16.8 Å². The Morgan fingerprint density at radius 3 is 2.58 bits per heavy atom. The molecule has 1 unspecified atom stereocenters. The first-order valence-corrected chi connectivity index (χ1v) is 9.66. The van der Waals surface area contributed by atoms with Crippen LogP contribution in [0.5, 0.6) is 0 Å². The predicted octanol–water partition coefficient (Wildman–Crippen LogP) is 2.74. The van der Waals surface area contributed by atoms with Crippen LogP contribution >= 0.6 is 0 Å². The molecule has 6 N–H and O–H groups in total. The lowest BCUT2D eigenvalue weighted by atomic mass is 10.0. The highest BCUT2D eigenvalue weighted by atomic mass is 16.4. The van der Waals surface area contributed by atoms with Gasteiger partial charge in [0.15, 0.2) is 0 Å². The molecule has 162 valence electrons. The molecule has 0 aliphatic carbocycles. The van der Waals surface area contributed by atoms with Gasteiger partial charge in [-0.25, -0.2) is 14.8 Å². The number of nitrogens with two attached hydrogens (primary N) is 2. The standard InChI is InChI=1S/C15H14N6O2.C6H11NO/c1-7-9(4-18-6-11(7)16)12-2-8-3-13(21-15(22)23)19-5-10(8)14(17)20-12;1-5-3-6(8)7(2)4-5/h2-6H,16H2,1H3,(H2,17,20)(H,19,21)(H,22,23);5H,3-4H2,1-2H3. The van der Waals surface area contributed by atoms with Crippen molar-refractivity contribution in [2.45, 2.75) is 20.3 Å². The van der Waals surface area contributed by atoms with E-state index in [0.717, 1.165) is 24.1 Å². The van der Waals surface area contributed by atoms with Crippen molar-refractivity contribution in [2.24, 2.45) is 5.92 Å². The summed E-state index contributed by atoms with van der Waals surface area (Å²) in [5, 5.41) is 12.3. The van der Waals surface area contributed by atoms with E-state index in [2.05, 4.69) is 27.2 Å².